The Kier molecular flexibility index (Phi) is 5.78. The maximum Gasteiger partial charge on any atom is 0.359 e. The van der Waals surface area contributed by atoms with E-state index in [1.807, 2.05) is 13.8 Å². The molecule has 1 aromatic rings. The molecule has 0 unspecified atom stereocenters. The first kappa shape index (κ1) is 15.5. The summed E-state index contributed by atoms with van der Waals surface area (Å²) < 4.78 is 30.6. The van der Waals surface area contributed by atoms with E-state index >= 15 is 0 Å². The number of esters is 1. The first-order chi connectivity index (χ1) is 7.88. The summed E-state index contributed by atoms with van der Waals surface area (Å²) in [6, 6.07) is 0. The normalized spacial score (nSPS) is 10.5. The highest BCUT2D eigenvalue weighted by molar-refractivity contribution is 5.89. The van der Waals surface area contributed by atoms with Gasteiger partial charge in [-0.25, -0.2) is 4.79 Å². The molecule has 98 valence electrons. The summed E-state index contributed by atoms with van der Waals surface area (Å²) in [7, 11) is 0. The Bertz CT molecular complexity index is 370. The predicted molar refractivity (Wildman–Crippen MR) is 60.2 cm³/mol. The van der Waals surface area contributed by atoms with Crippen molar-refractivity contribution in [3.05, 3.63) is 17.0 Å². The van der Waals surface area contributed by atoms with Gasteiger partial charge in [0.1, 0.15) is 5.69 Å². The smallest absolute Gasteiger partial charge is 0.359 e. The molecule has 0 fully saturated rings. The molecule has 0 aliphatic heterocycles. The molecule has 17 heavy (non-hydrogen) atoms. The topological polar surface area (TPSA) is 55.0 Å². The van der Waals surface area contributed by atoms with Crippen LogP contribution in [0.15, 0.2) is 0 Å². The van der Waals surface area contributed by atoms with E-state index in [4.69, 9.17) is 0 Å². The number of nitrogens with one attached hydrogen (secondary N) is 1. The summed E-state index contributed by atoms with van der Waals surface area (Å²) in [6.07, 6.45) is 0. The van der Waals surface area contributed by atoms with Crippen molar-refractivity contribution in [2.24, 2.45) is 0 Å². The van der Waals surface area contributed by atoms with Crippen LogP contribution in [0.2, 0.25) is 0 Å². The maximum absolute atomic E-state index is 13.0. The number of hydrogen-bond acceptors (Lipinski definition) is 3. The lowest BCUT2D eigenvalue weighted by molar-refractivity contribution is 0.0121. The average molecular weight is 248 g/mol. The number of carbonyl (C=O) groups is 1. The van der Waals surface area contributed by atoms with Crippen molar-refractivity contribution >= 4 is 5.97 Å². The molecule has 1 heterocycles. The molecule has 0 saturated carbocycles. The van der Waals surface area contributed by atoms with E-state index < -0.39 is 11.9 Å². The molecule has 0 aliphatic rings. The maximum atomic E-state index is 13.0. The number of ether oxygens (including phenoxy) is 1. The van der Waals surface area contributed by atoms with Crippen molar-refractivity contribution < 1.29 is 18.3 Å². The number of hydrogen-bond donors (Lipinski definition) is 1. The van der Waals surface area contributed by atoms with Gasteiger partial charge in [0.05, 0.1) is 6.61 Å². The molecule has 1 N–H and O–H groups in total. The second-order valence-electron chi connectivity index (χ2n) is 3.18. The summed E-state index contributed by atoms with van der Waals surface area (Å²) in [4.78, 5) is 11.3. The highest BCUT2D eigenvalue weighted by atomic mass is 19.3. The summed E-state index contributed by atoms with van der Waals surface area (Å²) in [5, 5.41) is 5.67. The first-order valence-electron chi connectivity index (χ1n) is 5.48. The van der Waals surface area contributed by atoms with Gasteiger partial charge in [-0.1, -0.05) is 13.8 Å². The number of halogens is 2. The SMILES string of the molecule is CC.CCOC(=O)c1n[nH]c(C(C)(F)F)c1C. The standard InChI is InChI=1S/C9H12F2N2O2.C2H6/c1-4-15-8(14)6-5(2)7(13-12-6)9(3,10)11;1-2/h4H2,1-3H3,(H,12,13);1-2H3. The van der Waals surface area contributed by atoms with Gasteiger partial charge in [-0.15, -0.1) is 0 Å². The third-order valence-electron chi connectivity index (χ3n) is 1.92. The lowest BCUT2D eigenvalue weighted by atomic mass is 10.1. The summed E-state index contributed by atoms with van der Waals surface area (Å²) in [5.41, 5.74) is -0.320. The predicted octanol–water partition coefficient (Wildman–Crippen LogP) is 3.03. The number of nitrogens with zero attached hydrogens (tertiary/aromatic N) is 1. The third-order valence-corrected chi connectivity index (χ3v) is 1.92. The number of alkyl halides is 2. The minimum atomic E-state index is -3.04. The van der Waals surface area contributed by atoms with Crippen LogP contribution in [-0.4, -0.2) is 22.8 Å². The lowest BCUT2D eigenvalue weighted by Gasteiger charge is -2.08. The summed E-state index contributed by atoms with van der Waals surface area (Å²) >= 11 is 0. The van der Waals surface area contributed by atoms with E-state index in [2.05, 4.69) is 14.9 Å². The zero-order chi connectivity index (χ0) is 13.6. The fraction of sp³-hybridized carbons (Fsp3) is 0.636. The van der Waals surface area contributed by atoms with Gasteiger partial charge in [0, 0.05) is 12.5 Å². The fourth-order valence-electron chi connectivity index (χ4n) is 1.22. The number of carbonyl (C=O) groups excluding carboxylic acids is 1. The van der Waals surface area contributed by atoms with E-state index in [9.17, 15) is 13.6 Å². The van der Waals surface area contributed by atoms with Gasteiger partial charge >= 0.3 is 5.97 Å². The van der Waals surface area contributed by atoms with Gasteiger partial charge in [0.2, 0.25) is 0 Å². The number of aromatic amines is 1. The monoisotopic (exact) mass is 248 g/mol. The average Bonchev–Trinajstić information content (AvgIpc) is 2.63. The molecule has 0 aromatic carbocycles. The Morgan fingerprint density at radius 3 is 2.35 bits per heavy atom. The Labute approximate surface area is 99.4 Å². The minimum Gasteiger partial charge on any atom is -0.461 e. The third kappa shape index (κ3) is 3.80. The second kappa shape index (κ2) is 6.32. The second-order valence-corrected chi connectivity index (χ2v) is 3.18. The van der Waals surface area contributed by atoms with Crippen LogP contribution in [0.5, 0.6) is 0 Å². The van der Waals surface area contributed by atoms with E-state index in [-0.39, 0.29) is 23.6 Å². The van der Waals surface area contributed by atoms with Crippen molar-refractivity contribution in [3.63, 3.8) is 0 Å². The van der Waals surface area contributed by atoms with Gasteiger partial charge in [-0.05, 0) is 13.8 Å². The van der Waals surface area contributed by atoms with Crippen LogP contribution < -0.4 is 0 Å². The molecule has 0 spiro atoms. The molecule has 0 aliphatic carbocycles. The highest BCUT2D eigenvalue weighted by Crippen LogP contribution is 2.29. The van der Waals surface area contributed by atoms with E-state index in [0.29, 0.717) is 0 Å². The van der Waals surface area contributed by atoms with Gasteiger partial charge in [-0.2, -0.15) is 13.9 Å². The van der Waals surface area contributed by atoms with Crippen LogP contribution in [0.4, 0.5) is 8.78 Å². The molecule has 1 aromatic heterocycles. The molecular weight excluding hydrogens is 230 g/mol. The number of rotatable bonds is 3. The van der Waals surface area contributed by atoms with Crippen molar-refractivity contribution in [3.8, 4) is 0 Å². The van der Waals surface area contributed by atoms with Crippen molar-refractivity contribution in [2.75, 3.05) is 6.61 Å². The number of aromatic nitrogens is 2. The van der Waals surface area contributed by atoms with Crippen LogP contribution in [0.3, 0.4) is 0 Å². The molecular formula is C11H18F2N2O2. The van der Waals surface area contributed by atoms with Crippen LogP contribution in [-0.2, 0) is 10.7 Å². The Morgan fingerprint density at radius 1 is 1.47 bits per heavy atom. The highest BCUT2D eigenvalue weighted by Gasteiger charge is 2.31. The van der Waals surface area contributed by atoms with Crippen LogP contribution in [0.25, 0.3) is 0 Å². The Morgan fingerprint density at radius 2 is 2.00 bits per heavy atom. The van der Waals surface area contributed by atoms with E-state index in [1.54, 1.807) is 6.92 Å². The lowest BCUT2D eigenvalue weighted by Crippen LogP contribution is -2.10. The minimum absolute atomic E-state index is 0.0895. The van der Waals surface area contributed by atoms with Gasteiger partial charge in [0.25, 0.3) is 5.92 Å². The Balaban J connectivity index is 0.00000121. The van der Waals surface area contributed by atoms with Crippen LogP contribution in [0.1, 0.15) is 49.4 Å². The molecule has 1 rings (SSSR count). The zero-order valence-corrected chi connectivity index (χ0v) is 10.7. The zero-order valence-electron chi connectivity index (χ0n) is 10.7. The Hall–Kier alpha value is -1.46. The van der Waals surface area contributed by atoms with Crippen LogP contribution in [0, 0.1) is 6.92 Å². The molecule has 4 nitrogen and oxygen atoms in total. The van der Waals surface area contributed by atoms with Crippen molar-refractivity contribution in [1.29, 1.82) is 0 Å². The molecule has 0 amide bonds. The summed E-state index contributed by atoms with van der Waals surface area (Å²) in [6.45, 7) is 7.96. The molecule has 6 heteroatoms. The van der Waals surface area contributed by atoms with E-state index in [0.717, 1.165) is 6.92 Å². The van der Waals surface area contributed by atoms with Crippen LogP contribution >= 0.6 is 0 Å². The fourth-order valence-corrected chi connectivity index (χ4v) is 1.22. The molecule has 0 radical (unpaired) electrons. The molecule has 0 bridgehead atoms. The quantitative estimate of drug-likeness (QED) is 0.836. The number of H-pyrrole nitrogens is 1. The van der Waals surface area contributed by atoms with Crippen molar-refractivity contribution in [1.82, 2.24) is 10.2 Å². The molecule has 0 atom stereocenters. The van der Waals surface area contributed by atoms with E-state index in [1.165, 1.54) is 6.92 Å². The van der Waals surface area contributed by atoms with Gasteiger partial charge in [-0.3, -0.25) is 5.10 Å². The van der Waals surface area contributed by atoms with Crippen molar-refractivity contribution in [2.45, 2.75) is 40.5 Å². The van der Waals surface area contributed by atoms with Gasteiger partial charge < -0.3 is 4.74 Å². The summed E-state index contributed by atoms with van der Waals surface area (Å²) in [5.74, 6) is -3.73. The largest absolute Gasteiger partial charge is 0.461 e. The molecule has 0 saturated heterocycles. The first-order valence-corrected chi connectivity index (χ1v) is 5.48. The van der Waals surface area contributed by atoms with Gasteiger partial charge in [0.15, 0.2) is 5.69 Å².